The topological polar surface area (TPSA) is 47.3 Å². The molecule has 0 unspecified atom stereocenters. The van der Waals surface area contributed by atoms with Gasteiger partial charge in [-0.15, -0.1) is 0 Å². The molecule has 0 amide bonds. The third-order valence-electron chi connectivity index (χ3n) is 2.54. The van der Waals surface area contributed by atoms with E-state index in [1.807, 2.05) is 48.5 Å². The average Bonchev–Trinajstić information content (AvgIpc) is 2.37. The molecule has 0 bridgehead atoms. The Morgan fingerprint density at radius 3 is 2.53 bits per heavy atom. The highest BCUT2D eigenvalue weighted by Crippen LogP contribution is 2.16. The van der Waals surface area contributed by atoms with Crippen molar-refractivity contribution in [1.82, 2.24) is 0 Å². The zero-order chi connectivity index (χ0) is 12.1. The number of nitrogens with one attached hydrogen (secondary N) is 1. The third-order valence-corrected chi connectivity index (χ3v) is 2.54. The SMILES string of the molecule is COc1ccc(NCc2cccc(N)c2)cc1. The van der Waals surface area contributed by atoms with Crippen molar-refractivity contribution in [3.05, 3.63) is 54.1 Å². The maximum atomic E-state index is 5.72. The molecular formula is C14H16N2O. The molecule has 3 nitrogen and oxygen atoms in total. The molecule has 0 saturated carbocycles. The van der Waals surface area contributed by atoms with Gasteiger partial charge in [0.1, 0.15) is 5.75 Å². The molecule has 0 heterocycles. The predicted octanol–water partition coefficient (Wildman–Crippen LogP) is 2.89. The Kier molecular flexibility index (Phi) is 3.50. The van der Waals surface area contributed by atoms with Gasteiger partial charge in [-0.2, -0.15) is 0 Å². The maximum Gasteiger partial charge on any atom is 0.119 e. The van der Waals surface area contributed by atoms with Crippen molar-refractivity contribution in [2.75, 3.05) is 18.2 Å². The Hall–Kier alpha value is -2.16. The van der Waals surface area contributed by atoms with E-state index in [1.54, 1.807) is 7.11 Å². The number of ether oxygens (including phenoxy) is 1. The summed E-state index contributed by atoms with van der Waals surface area (Å²) in [5.74, 6) is 0.861. The first-order valence-electron chi connectivity index (χ1n) is 5.50. The number of hydrogen-bond donors (Lipinski definition) is 2. The lowest BCUT2D eigenvalue weighted by Crippen LogP contribution is -1.99. The lowest BCUT2D eigenvalue weighted by atomic mass is 10.2. The first-order chi connectivity index (χ1) is 8.28. The summed E-state index contributed by atoms with van der Waals surface area (Å²) in [5, 5.41) is 3.33. The lowest BCUT2D eigenvalue weighted by molar-refractivity contribution is 0.415. The molecule has 2 aromatic rings. The van der Waals surface area contributed by atoms with Crippen molar-refractivity contribution in [3.8, 4) is 5.75 Å². The standard InChI is InChI=1S/C14H16N2O/c1-17-14-7-5-13(6-8-14)16-10-11-3-2-4-12(15)9-11/h2-9,16H,10,15H2,1H3. The van der Waals surface area contributed by atoms with Gasteiger partial charge in [-0.05, 0) is 42.0 Å². The first kappa shape index (κ1) is 11.3. The minimum absolute atomic E-state index is 0.761. The fourth-order valence-corrected chi connectivity index (χ4v) is 1.62. The van der Waals surface area contributed by atoms with E-state index in [-0.39, 0.29) is 0 Å². The summed E-state index contributed by atoms with van der Waals surface area (Å²) in [6.45, 7) is 0.761. The summed E-state index contributed by atoms with van der Waals surface area (Å²) >= 11 is 0. The number of nitrogen functional groups attached to an aromatic ring is 1. The zero-order valence-electron chi connectivity index (χ0n) is 9.81. The van der Waals surface area contributed by atoms with Gasteiger partial charge in [-0.25, -0.2) is 0 Å². The Morgan fingerprint density at radius 1 is 1.12 bits per heavy atom. The molecular weight excluding hydrogens is 212 g/mol. The first-order valence-corrected chi connectivity index (χ1v) is 5.50. The second-order valence-corrected chi connectivity index (χ2v) is 3.83. The van der Waals surface area contributed by atoms with Crippen LogP contribution in [0.1, 0.15) is 5.56 Å². The summed E-state index contributed by atoms with van der Waals surface area (Å²) in [5.41, 5.74) is 8.74. The van der Waals surface area contributed by atoms with Crippen LogP contribution in [0.5, 0.6) is 5.75 Å². The van der Waals surface area contributed by atoms with Crippen molar-refractivity contribution >= 4 is 11.4 Å². The molecule has 3 heteroatoms. The van der Waals surface area contributed by atoms with E-state index < -0.39 is 0 Å². The molecule has 17 heavy (non-hydrogen) atoms. The van der Waals surface area contributed by atoms with E-state index in [1.165, 1.54) is 5.56 Å². The van der Waals surface area contributed by atoms with Gasteiger partial charge in [0, 0.05) is 17.9 Å². The monoisotopic (exact) mass is 228 g/mol. The minimum Gasteiger partial charge on any atom is -0.497 e. The van der Waals surface area contributed by atoms with Gasteiger partial charge in [0.25, 0.3) is 0 Å². The Labute approximate surface area is 101 Å². The average molecular weight is 228 g/mol. The van der Waals surface area contributed by atoms with E-state index in [4.69, 9.17) is 10.5 Å². The van der Waals surface area contributed by atoms with Crippen LogP contribution in [0.25, 0.3) is 0 Å². The van der Waals surface area contributed by atoms with Crippen LogP contribution < -0.4 is 15.8 Å². The molecule has 0 aliphatic heterocycles. The molecule has 0 aliphatic carbocycles. The number of nitrogens with two attached hydrogens (primary N) is 1. The van der Waals surface area contributed by atoms with E-state index in [0.29, 0.717) is 0 Å². The van der Waals surface area contributed by atoms with Crippen LogP contribution in [0.2, 0.25) is 0 Å². The molecule has 3 N–H and O–H groups in total. The molecule has 0 spiro atoms. The van der Waals surface area contributed by atoms with Crippen LogP contribution >= 0.6 is 0 Å². The van der Waals surface area contributed by atoms with E-state index in [0.717, 1.165) is 23.7 Å². The predicted molar refractivity (Wildman–Crippen MR) is 71.2 cm³/mol. The minimum atomic E-state index is 0.761. The van der Waals surface area contributed by atoms with Crippen molar-refractivity contribution in [1.29, 1.82) is 0 Å². The fourth-order valence-electron chi connectivity index (χ4n) is 1.62. The van der Waals surface area contributed by atoms with Crippen LogP contribution in [0.4, 0.5) is 11.4 Å². The molecule has 0 radical (unpaired) electrons. The second kappa shape index (κ2) is 5.25. The maximum absolute atomic E-state index is 5.72. The fraction of sp³-hybridized carbons (Fsp3) is 0.143. The number of rotatable bonds is 4. The molecule has 0 aromatic heterocycles. The Balaban J connectivity index is 1.97. The van der Waals surface area contributed by atoms with Crippen molar-refractivity contribution in [2.45, 2.75) is 6.54 Å². The van der Waals surface area contributed by atoms with Crippen molar-refractivity contribution in [3.63, 3.8) is 0 Å². The van der Waals surface area contributed by atoms with E-state index in [2.05, 4.69) is 5.32 Å². The van der Waals surface area contributed by atoms with Gasteiger partial charge >= 0.3 is 0 Å². The zero-order valence-corrected chi connectivity index (χ0v) is 9.81. The molecule has 0 saturated heterocycles. The summed E-state index contributed by atoms with van der Waals surface area (Å²) in [6.07, 6.45) is 0. The molecule has 0 aliphatic rings. The Bertz CT molecular complexity index is 480. The van der Waals surface area contributed by atoms with E-state index >= 15 is 0 Å². The van der Waals surface area contributed by atoms with Gasteiger partial charge in [-0.3, -0.25) is 0 Å². The number of hydrogen-bond acceptors (Lipinski definition) is 3. The van der Waals surface area contributed by atoms with Crippen LogP contribution in [-0.4, -0.2) is 7.11 Å². The van der Waals surface area contributed by atoms with Gasteiger partial charge in [-0.1, -0.05) is 12.1 Å². The van der Waals surface area contributed by atoms with Gasteiger partial charge in [0.15, 0.2) is 0 Å². The quantitative estimate of drug-likeness (QED) is 0.791. The van der Waals surface area contributed by atoms with Crippen molar-refractivity contribution in [2.24, 2.45) is 0 Å². The smallest absolute Gasteiger partial charge is 0.119 e. The van der Waals surface area contributed by atoms with Crippen LogP contribution in [-0.2, 0) is 6.54 Å². The summed E-state index contributed by atoms with van der Waals surface area (Å²) in [4.78, 5) is 0. The summed E-state index contributed by atoms with van der Waals surface area (Å²) < 4.78 is 5.10. The summed E-state index contributed by atoms with van der Waals surface area (Å²) in [6, 6.07) is 15.7. The number of methoxy groups -OCH3 is 1. The lowest BCUT2D eigenvalue weighted by Gasteiger charge is -2.07. The van der Waals surface area contributed by atoms with Crippen LogP contribution in [0, 0.1) is 0 Å². The molecule has 2 aromatic carbocycles. The summed E-state index contributed by atoms with van der Waals surface area (Å²) in [7, 11) is 1.66. The highest BCUT2D eigenvalue weighted by molar-refractivity contribution is 5.48. The van der Waals surface area contributed by atoms with Crippen LogP contribution in [0.15, 0.2) is 48.5 Å². The van der Waals surface area contributed by atoms with Gasteiger partial charge in [0.2, 0.25) is 0 Å². The third kappa shape index (κ3) is 3.14. The number of anilines is 2. The van der Waals surface area contributed by atoms with E-state index in [9.17, 15) is 0 Å². The van der Waals surface area contributed by atoms with Gasteiger partial charge < -0.3 is 15.8 Å². The van der Waals surface area contributed by atoms with Gasteiger partial charge in [0.05, 0.1) is 7.11 Å². The highest BCUT2D eigenvalue weighted by atomic mass is 16.5. The normalized spacial score (nSPS) is 9.94. The molecule has 88 valence electrons. The van der Waals surface area contributed by atoms with Crippen molar-refractivity contribution < 1.29 is 4.74 Å². The second-order valence-electron chi connectivity index (χ2n) is 3.83. The molecule has 0 fully saturated rings. The van der Waals surface area contributed by atoms with Crippen LogP contribution in [0.3, 0.4) is 0 Å². The largest absolute Gasteiger partial charge is 0.497 e. The number of benzene rings is 2. The molecule has 2 rings (SSSR count). The Morgan fingerprint density at radius 2 is 1.88 bits per heavy atom. The highest BCUT2D eigenvalue weighted by Gasteiger charge is 1.95. The molecule has 0 atom stereocenters.